The van der Waals surface area contributed by atoms with Gasteiger partial charge in [-0.3, -0.25) is 4.90 Å². The van der Waals surface area contributed by atoms with Crippen molar-refractivity contribution in [3.8, 4) is 5.75 Å². The minimum absolute atomic E-state index is 0.0200. The lowest BCUT2D eigenvalue weighted by atomic mass is 9.99. The van der Waals surface area contributed by atoms with Crippen LogP contribution in [0.4, 0.5) is 8.78 Å². The maximum Gasteiger partial charge on any atom is 0.200 e. The Morgan fingerprint density at radius 2 is 2.00 bits per heavy atom. The number of hydrogen-bond acceptors (Lipinski definition) is 3. The summed E-state index contributed by atoms with van der Waals surface area (Å²) in [7, 11) is 0. The maximum atomic E-state index is 13.3. The Kier molecular flexibility index (Phi) is 3.18. The van der Waals surface area contributed by atoms with E-state index in [1.807, 2.05) is 0 Å². The van der Waals surface area contributed by atoms with Gasteiger partial charge < -0.3 is 9.47 Å². The Hall–Kier alpha value is -1.20. The van der Waals surface area contributed by atoms with Crippen LogP contribution in [0.5, 0.6) is 5.75 Å². The van der Waals surface area contributed by atoms with Crippen LogP contribution in [0.1, 0.15) is 6.42 Å². The van der Waals surface area contributed by atoms with E-state index in [9.17, 15) is 8.78 Å². The zero-order valence-corrected chi connectivity index (χ0v) is 9.94. The van der Waals surface area contributed by atoms with Gasteiger partial charge in [-0.15, -0.1) is 0 Å². The van der Waals surface area contributed by atoms with Gasteiger partial charge in [0, 0.05) is 26.1 Å². The van der Waals surface area contributed by atoms with Crippen LogP contribution in [-0.2, 0) is 4.74 Å². The van der Waals surface area contributed by atoms with Crippen LogP contribution in [0.25, 0.3) is 0 Å². The van der Waals surface area contributed by atoms with E-state index in [0.29, 0.717) is 25.4 Å². The van der Waals surface area contributed by atoms with Crippen molar-refractivity contribution >= 4 is 0 Å². The van der Waals surface area contributed by atoms with Crippen molar-refractivity contribution < 1.29 is 18.3 Å². The summed E-state index contributed by atoms with van der Waals surface area (Å²) in [6.45, 7) is 2.89. The van der Waals surface area contributed by atoms with Gasteiger partial charge in [0.15, 0.2) is 11.6 Å². The number of benzene rings is 1. The van der Waals surface area contributed by atoms with Gasteiger partial charge in [0.25, 0.3) is 0 Å². The molecule has 0 amide bonds. The molecule has 5 heteroatoms. The smallest absolute Gasteiger partial charge is 0.200 e. The normalized spacial score (nSPS) is 26.8. The summed E-state index contributed by atoms with van der Waals surface area (Å²) < 4.78 is 37.0. The third-order valence-corrected chi connectivity index (χ3v) is 3.42. The molecule has 0 aromatic heterocycles. The lowest BCUT2D eigenvalue weighted by molar-refractivity contribution is -0.181. The first kappa shape index (κ1) is 11.9. The lowest BCUT2D eigenvalue weighted by Gasteiger charge is -2.47. The second-order valence-electron chi connectivity index (χ2n) is 4.78. The second kappa shape index (κ2) is 4.82. The predicted molar refractivity (Wildman–Crippen MR) is 61.6 cm³/mol. The zero-order valence-electron chi connectivity index (χ0n) is 9.94. The Morgan fingerprint density at radius 3 is 2.72 bits per heavy atom. The minimum Gasteiger partial charge on any atom is -0.489 e. The summed E-state index contributed by atoms with van der Waals surface area (Å²) in [5.74, 6) is -1.81. The fourth-order valence-corrected chi connectivity index (χ4v) is 2.50. The number of ether oxygens (including phenoxy) is 2. The maximum absolute atomic E-state index is 13.3. The highest BCUT2D eigenvalue weighted by molar-refractivity contribution is 5.24. The van der Waals surface area contributed by atoms with Gasteiger partial charge in [0.2, 0.25) is 5.82 Å². The number of morpholine rings is 1. The first-order valence-electron chi connectivity index (χ1n) is 6.17. The summed E-state index contributed by atoms with van der Waals surface area (Å²) in [6.07, 6.45) is 1.86. The van der Waals surface area contributed by atoms with Crippen molar-refractivity contribution in [2.24, 2.45) is 0 Å². The molecule has 18 heavy (non-hydrogen) atoms. The molecule has 0 saturated carbocycles. The van der Waals surface area contributed by atoms with E-state index in [0.717, 1.165) is 25.6 Å². The van der Waals surface area contributed by atoms with E-state index < -0.39 is 11.6 Å². The SMILES string of the molecule is Fc1cccc(OCCN2CC3CC(C2)O3)c1F. The molecule has 1 aromatic rings. The summed E-state index contributed by atoms with van der Waals surface area (Å²) in [5.41, 5.74) is 0. The summed E-state index contributed by atoms with van der Waals surface area (Å²) in [4.78, 5) is 2.24. The fraction of sp³-hybridized carbons (Fsp3) is 0.538. The molecule has 0 radical (unpaired) electrons. The molecule has 98 valence electrons. The summed E-state index contributed by atoms with van der Waals surface area (Å²) >= 11 is 0. The third kappa shape index (κ3) is 2.33. The van der Waals surface area contributed by atoms with Gasteiger partial charge >= 0.3 is 0 Å². The molecule has 4 rings (SSSR count). The number of nitrogens with zero attached hydrogens (tertiary/aromatic N) is 1. The first-order chi connectivity index (χ1) is 8.72. The standard InChI is InChI=1S/C13H15F2NO2/c14-11-2-1-3-12(13(11)15)17-5-4-16-7-9-6-10(8-16)18-9/h1-3,9-10H,4-8H2. The highest BCUT2D eigenvalue weighted by Crippen LogP contribution is 2.27. The molecule has 0 aliphatic carbocycles. The van der Waals surface area contributed by atoms with E-state index >= 15 is 0 Å². The average Bonchev–Trinajstić information content (AvgIpc) is 2.34. The van der Waals surface area contributed by atoms with Crippen LogP contribution in [0.3, 0.4) is 0 Å². The van der Waals surface area contributed by atoms with Crippen LogP contribution < -0.4 is 4.74 Å². The minimum atomic E-state index is -0.915. The second-order valence-corrected chi connectivity index (χ2v) is 4.78. The quantitative estimate of drug-likeness (QED) is 0.819. The Morgan fingerprint density at radius 1 is 1.28 bits per heavy atom. The first-order valence-corrected chi connectivity index (χ1v) is 6.17. The molecule has 0 spiro atoms. The number of halogens is 2. The Labute approximate surface area is 104 Å². The molecule has 3 nitrogen and oxygen atoms in total. The van der Waals surface area contributed by atoms with Gasteiger partial charge in [0.05, 0.1) is 12.2 Å². The molecule has 3 heterocycles. The van der Waals surface area contributed by atoms with Crippen molar-refractivity contribution in [2.75, 3.05) is 26.2 Å². The molecule has 2 atom stereocenters. The van der Waals surface area contributed by atoms with Gasteiger partial charge in [-0.05, 0) is 12.1 Å². The predicted octanol–water partition coefficient (Wildman–Crippen LogP) is 1.82. The van der Waals surface area contributed by atoms with Crippen molar-refractivity contribution in [2.45, 2.75) is 18.6 Å². The average molecular weight is 255 g/mol. The van der Waals surface area contributed by atoms with Crippen LogP contribution in [0.2, 0.25) is 0 Å². The highest BCUT2D eigenvalue weighted by atomic mass is 19.2. The van der Waals surface area contributed by atoms with Crippen molar-refractivity contribution in [1.82, 2.24) is 4.90 Å². The van der Waals surface area contributed by atoms with Crippen LogP contribution in [0, 0.1) is 11.6 Å². The molecule has 3 saturated heterocycles. The number of piperidine rings is 1. The zero-order chi connectivity index (χ0) is 12.5. The van der Waals surface area contributed by atoms with E-state index in [4.69, 9.17) is 9.47 Å². The monoisotopic (exact) mass is 255 g/mol. The van der Waals surface area contributed by atoms with Gasteiger partial charge in [-0.2, -0.15) is 4.39 Å². The number of hydrogen-bond donors (Lipinski definition) is 0. The van der Waals surface area contributed by atoms with E-state index in [1.165, 1.54) is 12.1 Å². The molecular formula is C13H15F2NO2. The van der Waals surface area contributed by atoms with Crippen LogP contribution in [-0.4, -0.2) is 43.3 Å². The largest absolute Gasteiger partial charge is 0.489 e. The number of fused-ring (bicyclic) bond motifs is 2. The van der Waals surface area contributed by atoms with Gasteiger partial charge in [-0.25, -0.2) is 4.39 Å². The van der Waals surface area contributed by atoms with E-state index in [2.05, 4.69) is 4.90 Å². The Balaban J connectivity index is 1.48. The lowest BCUT2D eigenvalue weighted by Crippen LogP contribution is -2.57. The molecule has 3 aliphatic heterocycles. The summed E-state index contributed by atoms with van der Waals surface area (Å²) in [5, 5.41) is 0. The molecule has 2 bridgehead atoms. The molecule has 1 aromatic carbocycles. The van der Waals surface area contributed by atoms with Crippen LogP contribution >= 0.6 is 0 Å². The van der Waals surface area contributed by atoms with Crippen LogP contribution in [0.15, 0.2) is 18.2 Å². The molecular weight excluding hydrogens is 240 g/mol. The van der Waals surface area contributed by atoms with Gasteiger partial charge in [-0.1, -0.05) is 6.07 Å². The Bertz CT molecular complexity index is 425. The highest BCUT2D eigenvalue weighted by Gasteiger charge is 2.37. The van der Waals surface area contributed by atoms with E-state index in [1.54, 1.807) is 0 Å². The number of rotatable bonds is 4. The summed E-state index contributed by atoms with van der Waals surface area (Å²) in [6, 6.07) is 3.96. The fourth-order valence-electron chi connectivity index (χ4n) is 2.50. The molecule has 2 unspecified atom stereocenters. The van der Waals surface area contributed by atoms with Crippen molar-refractivity contribution in [3.63, 3.8) is 0 Å². The topological polar surface area (TPSA) is 21.7 Å². The van der Waals surface area contributed by atoms with Gasteiger partial charge in [0.1, 0.15) is 6.61 Å². The molecule has 3 fully saturated rings. The molecule has 3 aliphatic rings. The van der Waals surface area contributed by atoms with E-state index in [-0.39, 0.29) is 5.75 Å². The molecule has 0 N–H and O–H groups in total. The van der Waals surface area contributed by atoms with Crippen molar-refractivity contribution in [3.05, 3.63) is 29.8 Å². The van der Waals surface area contributed by atoms with Crippen molar-refractivity contribution in [1.29, 1.82) is 0 Å². The third-order valence-electron chi connectivity index (χ3n) is 3.42.